The van der Waals surface area contributed by atoms with Crippen LogP contribution in [0.1, 0.15) is 34.0 Å². The zero-order valence-corrected chi connectivity index (χ0v) is 22.8. The molecular formula is C29H25ClN2O6S. The summed E-state index contributed by atoms with van der Waals surface area (Å²) in [5.41, 5.74) is 3.48. The van der Waals surface area contributed by atoms with Gasteiger partial charge < -0.3 is 19.5 Å². The van der Waals surface area contributed by atoms with Gasteiger partial charge in [-0.1, -0.05) is 48.9 Å². The van der Waals surface area contributed by atoms with Crippen LogP contribution in [0, 0.1) is 0 Å². The zero-order chi connectivity index (χ0) is 28.1. The highest BCUT2D eigenvalue weighted by Crippen LogP contribution is 2.32. The summed E-state index contributed by atoms with van der Waals surface area (Å²) in [4.78, 5) is 39.5. The second-order valence-corrected chi connectivity index (χ2v) is 9.39. The Bertz CT molecular complexity index is 1450. The lowest BCUT2D eigenvalue weighted by Gasteiger charge is -2.19. The maximum atomic E-state index is 13.5. The molecule has 8 nitrogen and oxygen atoms in total. The van der Waals surface area contributed by atoms with E-state index in [0.717, 1.165) is 17.5 Å². The number of carbonyl (C=O) groups is 3. The first-order valence-corrected chi connectivity index (χ1v) is 12.8. The van der Waals surface area contributed by atoms with Crippen LogP contribution in [-0.2, 0) is 27.4 Å². The third-order valence-corrected chi connectivity index (χ3v) is 6.81. The van der Waals surface area contributed by atoms with Gasteiger partial charge in [0.2, 0.25) is 0 Å². The van der Waals surface area contributed by atoms with Gasteiger partial charge in [0, 0.05) is 0 Å². The molecule has 1 amide bonds. The van der Waals surface area contributed by atoms with Gasteiger partial charge >= 0.3 is 11.9 Å². The van der Waals surface area contributed by atoms with Crippen molar-refractivity contribution in [2.45, 2.75) is 20.0 Å². The average Bonchev–Trinajstić information content (AvgIpc) is 3.16. The number of ether oxygens (including phenoxy) is 2. The Hall–Kier alpha value is -4.21. The molecule has 39 heavy (non-hydrogen) atoms. The topological polar surface area (TPSA) is 96.4 Å². The Labute approximate surface area is 236 Å². The zero-order valence-electron chi connectivity index (χ0n) is 21.2. The number of rotatable bonds is 9. The van der Waals surface area contributed by atoms with Crippen molar-refractivity contribution in [3.63, 3.8) is 0 Å². The monoisotopic (exact) mass is 564 g/mol. The summed E-state index contributed by atoms with van der Waals surface area (Å²) in [5, 5.41) is 9.51. The predicted molar refractivity (Wildman–Crippen MR) is 152 cm³/mol. The molecule has 3 aromatic carbocycles. The van der Waals surface area contributed by atoms with Gasteiger partial charge in [-0.05, 0) is 77.8 Å². The van der Waals surface area contributed by atoms with Crippen LogP contribution in [0.4, 0.5) is 5.69 Å². The number of esters is 1. The standard InChI is InChI=1S/C29H25ClN2O6S/c1-3-18-6-11-22(12-7-18)32-27(34)24(31(29(32)39)16-26(33)37-2)15-20-8-13-25(23(30)14-20)38-17-19-4-9-21(10-5-19)28(35)36/h4-15H,3,16-17H2,1-2H3,(H,35,36)/b24-15-. The van der Waals surface area contributed by atoms with E-state index in [2.05, 4.69) is 0 Å². The van der Waals surface area contributed by atoms with Gasteiger partial charge in [0.1, 0.15) is 24.6 Å². The summed E-state index contributed by atoms with van der Waals surface area (Å²) in [5.74, 6) is -1.51. The first-order chi connectivity index (χ1) is 18.7. The van der Waals surface area contributed by atoms with Crippen molar-refractivity contribution in [3.8, 4) is 5.75 Å². The smallest absolute Gasteiger partial charge is 0.335 e. The van der Waals surface area contributed by atoms with Gasteiger partial charge in [-0.15, -0.1) is 0 Å². The lowest BCUT2D eigenvalue weighted by atomic mass is 10.1. The molecule has 10 heteroatoms. The van der Waals surface area contributed by atoms with E-state index in [1.807, 2.05) is 31.2 Å². The lowest BCUT2D eigenvalue weighted by molar-refractivity contribution is -0.140. The molecule has 1 N–H and O–H groups in total. The Morgan fingerprint density at radius 3 is 2.28 bits per heavy atom. The SMILES string of the molecule is CCc1ccc(N2C(=O)/C(=C/c3ccc(OCc4ccc(C(=O)O)cc4)c(Cl)c3)N(CC(=O)OC)C2=S)cc1. The number of hydrogen-bond acceptors (Lipinski definition) is 6. The second kappa shape index (κ2) is 12.1. The van der Waals surface area contributed by atoms with Crippen molar-refractivity contribution in [2.24, 2.45) is 0 Å². The van der Waals surface area contributed by atoms with E-state index in [0.29, 0.717) is 22.0 Å². The Morgan fingerprint density at radius 1 is 1.03 bits per heavy atom. The quantitative estimate of drug-likeness (QED) is 0.212. The first-order valence-electron chi connectivity index (χ1n) is 12.0. The average molecular weight is 565 g/mol. The number of hydrogen-bond donors (Lipinski definition) is 1. The molecule has 1 fully saturated rings. The summed E-state index contributed by atoms with van der Waals surface area (Å²) in [6.07, 6.45) is 2.47. The van der Waals surface area contributed by atoms with Crippen LogP contribution < -0.4 is 9.64 Å². The van der Waals surface area contributed by atoms with Gasteiger partial charge in [-0.2, -0.15) is 0 Å². The minimum Gasteiger partial charge on any atom is -0.487 e. The molecule has 3 aromatic rings. The van der Waals surface area contributed by atoms with Crippen molar-refractivity contribution >= 4 is 58.5 Å². The van der Waals surface area contributed by atoms with E-state index in [4.69, 9.17) is 38.4 Å². The van der Waals surface area contributed by atoms with E-state index in [1.165, 1.54) is 29.0 Å². The number of aryl methyl sites for hydroxylation is 1. The fourth-order valence-corrected chi connectivity index (χ4v) is 4.52. The third kappa shape index (κ3) is 6.27. The van der Waals surface area contributed by atoms with Crippen LogP contribution in [0.25, 0.3) is 6.08 Å². The molecule has 0 atom stereocenters. The van der Waals surface area contributed by atoms with E-state index in [1.54, 1.807) is 36.4 Å². The second-order valence-electron chi connectivity index (χ2n) is 8.62. The van der Waals surface area contributed by atoms with E-state index >= 15 is 0 Å². The van der Waals surface area contributed by atoms with Gasteiger partial charge in [0.25, 0.3) is 5.91 Å². The number of anilines is 1. The number of methoxy groups -OCH3 is 1. The van der Waals surface area contributed by atoms with Crippen molar-refractivity contribution in [1.29, 1.82) is 0 Å². The van der Waals surface area contributed by atoms with Crippen LogP contribution in [0.3, 0.4) is 0 Å². The molecule has 0 aliphatic carbocycles. The molecule has 1 heterocycles. The van der Waals surface area contributed by atoms with Crippen LogP contribution in [-0.4, -0.2) is 46.6 Å². The Kier molecular flexibility index (Phi) is 8.63. The molecule has 0 aromatic heterocycles. The van der Waals surface area contributed by atoms with Crippen LogP contribution in [0.15, 0.2) is 72.4 Å². The van der Waals surface area contributed by atoms with Gasteiger partial charge in [-0.25, -0.2) is 4.79 Å². The number of carboxylic acids is 1. The van der Waals surface area contributed by atoms with E-state index < -0.39 is 11.9 Å². The molecule has 1 saturated heterocycles. The Balaban J connectivity index is 1.58. The van der Waals surface area contributed by atoms with Crippen molar-refractivity contribution < 1.29 is 29.0 Å². The number of benzene rings is 3. The number of halogens is 1. The largest absolute Gasteiger partial charge is 0.487 e. The Morgan fingerprint density at radius 2 is 1.69 bits per heavy atom. The molecular weight excluding hydrogens is 540 g/mol. The third-order valence-electron chi connectivity index (χ3n) is 6.11. The minimum atomic E-state index is -1.00. The summed E-state index contributed by atoms with van der Waals surface area (Å²) in [7, 11) is 1.27. The van der Waals surface area contributed by atoms with Gasteiger partial charge in [-0.3, -0.25) is 14.5 Å². The van der Waals surface area contributed by atoms with Gasteiger partial charge in [0.15, 0.2) is 5.11 Å². The molecule has 1 aliphatic rings. The summed E-state index contributed by atoms with van der Waals surface area (Å²) < 4.78 is 10.6. The first kappa shape index (κ1) is 27.8. The molecule has 0 unspecified atom stereocenters. The molecule has 1 aliphatic heterocycles. The van der Waals surface area contributed by atoms with E-state index in [9.17, 15) is 14.4 Å². The van der Waals surface area contributed by atoms with Crippen LogP contribution >= 0.6 is 23.8 Å². The van der Waals surface area contributed by atoms with Crippen LogP contribution in [0.5, 0.6) is 5.75 Å². The highest BCUT2D eigenvalue weighted by atomic mass is 35.5. The number of nitrogens with zero attached hydrogens (tertiary/aromatic N) is 2. The number of amides is 1. The molecule has 0 bridgehead atoms. The maximum absolute atomic E-state index is 13.5. The number of carboxylic acid groups (broad SMARTS) is 1. The normalized spacial score (nSPS) is 14.2. The van der Waals surface area contributed by atoms with Gasteiger partial charge in [0.05, 0.1) is 23.4 Å². The molecule has 0 spiro atoms. The summed E-state index contributed by atoms with van der Waals surface area (Å²) >= 11 is 12.1. The maximum Gasteiger partial charge on any atom is 0.335 e. The highest BCUT2D eigenvalue weighted by Gasteiger charge is 2.40. The fraction of sp³-hybridized carbons (Fsp3) is 0.172. The number of thiocarbonyl (C=S) groups is 1. The van der Waals surface area contributed by atoms with Crippen molar-refractivity contribution in [1.82, 2.24) is 4.90 Å². The number of aromatic carboxylic acids is 1. The fourth-order valence-electron chi connectivity index (χ4n) is 3.92. The van der Waals surface area contributed by atoms with Crippen molar-refractivity contribution in [3.05, 3.63) is 99.7 Å². The molecule has 0 saturated carbocycles. The molecule has 4 rings (SSSR count). The molecule has 0 radical (unpaired) electrons. The molecule has 200 valence electrons. The van der Waals surface area contributed by atoms with Crippen molar-refractivity contribution in [2.75, 3.05) is 18.6 Å². The summed E-state index contributed by atoms with van der Waals surface area (Å²) in [6, 6.07) is 18.9. The highest BCUT2D eigenvalue weighted by molar-refractivity contribution is 7.80. The van der Waals surface area contributed by atoms with Crippen LogP contribution in [0.2, 0.25) is 5.02 Å². The lowest BCUT2D eigenvalue weighted by Crippen LogP contribution is -2.35. The predicted octanol–water partition coefficient (Wildman–Crippen LogP) is 5.33. The summed E-state index contributed by atoms with van der Waals surface area (Å²) in [6.45, 7) is 2.00. The van der Waals surface area contributed by atoms with E-state index in [-0.39, 0.29) is 35.4 Å². The number of carbonyl (C=O) groups excluding carboxylic acids is 2. The minimum absolute atomic E-state index is 0.167.